The molecular weight excluding hydrogens is 388 g/mol. The Morgan fingerprint density at radius 3 is 2.44 bits per heavy atom. The first-order chi connectivity index (χ1) is 12.6. The van der Waals surface area contributed by atoms with Crippen molar-refractivity contribution < 1.29 is 18.0 Å². The maximum absolute atomic E-state index is 12.6. The summed E-state index contributed by atoms with van der Waals surface area (Å²) in [4.78, 5) is 25.9. The molecule has 0 bridgehead atoms. The summed E-state index contributed by atoms with van der Waals surface area (Å²) in [6.45, 7) is 1.81. The van der Waals surface area contributed by atoms with Crippen LogP contribution in [0.1, 0.15) is 22.8 Å². The normalized spacial score (nSPS) is 11.1. The van der Waals surface area contributed by atoms with E-state index in [9.17, 15) is 18.0 Å². The lowest BCUT2D eigenvalue weighted by molar-refractivity contribution is -0.116. The Labute approximate surface area is 164 Å². The second-order valence-corrected chi connectivity index (χ2v) is 8.53. The second-order valence-electron chi connectivity index (χ2n) is 6.14. The molecule has 6 nitrogen and oxygen atoms in total. The third-order valence-electron chi connectivity index (χ3n) is 3.98. The van der Waals surface area contributed by atoms with Crippen molar-refractivity contribution in [3.05, 3.63) is 58.6 Å². The highest BCUT2D eigenvalue weighted by Crippen LogP contribution is 2.23. The largest absolute Gasteiger partial charge is 0.332 e. The molecule has 2 aromatic rings. The molecule has 0 aliphatic carbocycles. The third kappa shape index (κ3) is 5.30. The number of hydrogen-bond donors (Lipinski definition) is 1. The summed E-state index contributed by atoms with van der Waals surface area (Å²) in [7, 11) is -2.09. The van der Waals surface area contributed by atoms with Crippen LogP contribution < -0.4 is 5.32 Å². The van der Waals surface area contributed by atoms with Crippen LogP contribution in [0, 0.1) is 0 Å². The van der Waals surface area contributed by atoms with E-state index in [1.165, 1.54) is 30.1 Å². The zero-order valence-corrected chi connectivity index (χ0v) is 16.9. The molecular formula is C19H21ClN2O4S. The number of sulfone groups is 1. The number of hydrogen-bond acceptors (Lipinski definition) is 4. The van der Waals surface area contributed by atoms with Gasteiger partial charge in [0.1, 0.15) is 0 Å². The summed E-state index contributed by atoms with van der Waals surface area (Å²) >= 11 is 5.90. The van der Waals surface area contributed by atoms with Crippen LogP contribution in [-0.2, 0) is 21.1 Å². The number of benzene rings is 2. The summed E-state index contributed by atoms with van der Waals surface area (Å²) < 4.78 is 23.5. The molecule has 144 valence electrons. The van der Waals surface area contributed by atoms with E-state index in [2.05, 4.69) is 5.32 Å². The molecule has 0 fully saturated rings. The fraction of sp³-hybridized carbons (Fsp3) is 0.263. The number of anilines is 1. The molecule has 0 spiro atoms. The van der Waals surface area contributed by atoms with Gasteiger partial charge in [0.2, 0.25) is 5.91 Å². The molecule has 2 rings (SSSR count). The predicted molar refractivity (Wildman–Crippen MR) is 106 cm³/mol. The first-order valence-corrected chi connectivity index (χ1v) is 10.5. The number of amides is 2. The molecule has 0 unspecified atom stereocenters. The SMILES string of the molecule is CCc1ccccc1NC(=O)CN(C)C(=O)c1ccc(Cl)c(S(C)(=O)=O)c1. The van der Waals surface area contributed by atoms with Crippen LogP contribution in [0.4, 0.5) is 5.69 Å². The van der Waals surface area contributed by atoms with E-state index in [1.54, 1.807) is 6.07 Å². The van der Waals surface area contributed by atoms with Gasteiger partial charge in [-0.25, -0.2) is 8.42 Å². The highest BCUT2D eigenvalue weighted by atomic mass is 35.5. The maximum atomic E-state index is 12.6. The predicted octanol–water partition coefficient (Wildman–Crippen LogP) is 3.02. The van der Waals surface area contributed by atoms with Crippen LogP contribution in [0.25, 0.3) is 0 Å². The van der Waals surface area contributed by atoms with Gasteiger partial charge in [0, 0.05) is 24.6 Å². The molecule has 0 aliphatic rings. The van der Waals surface area contributed by atoms with Crippen molar-refractivity contribution in [1.82, 2.24) is 4.90 Å². The van der Waals surface area contributed by atoms with E-state index >= 15 is 0 Å². The molecule has 8 heteroatoms. The van der Waals surface area contributed by atoms with Crippen LogP contribution >= 0.6 is 11.6 Å². The summed E-state index contributed by atoms with van der Waals surface area (Å²) in [5.41, 5.74) is 1.84. The molecule has 0 saturated carbocycles. The van der Waals surface area contributed by atoms with Gasteiger partial charge in [-0.3, -0.25) is 9.59 Å². The number of para-hydroxylation sites is 1. The van der Waals surface area contributed by atoms with Crippen LogP contribution in [0.15, 0.2) is 47.4 Å². The molecule has 2 amide bonds. The first kappa shape index (κ1) is 20.9. The Morgan fingerprint density at radius 1 is 1.15 bits per heavy atom. The molecule has 1 N–H and O–H groups in total. The van der Waals surface area contributed by atoms with Gasteiger partial charge in [-0.2, -0.15) is 0 Å². The molecule has 27 heavy (non-hydrogen) atoms. The fourth-order valence-electron chi connectivity index (χ4n) is 2.57. The lowest BCUT2D eigenvalue weighted by Gasteiger charge is -2.18. The fourth-order valence-corrected chi connectivity index (χ4v) is 3.87. The van der Waals surface area contributed by atoms with E-state index in [0.717, 1.165) is 18.2 Å². The van der Waals surface area contributed by atoms with Gasteiger partial charge in [0.15, 0.2) is 9.84 Å². The molecule has 0 radical (unpaired) electrons. The summed E-state index contributed by atoms with van der Waals surface area (Å²) in [5, 5.41) is 2.84. The Kier molecular flexibility index (Phi) is 6.62. The zero-order chi connectivity index (χ0) is 20.2. The van der Waals surface area contributed by atoms with Crippen molar-refractivity contribution in [3.8, 4) is 0 Å². The lowest BCUT2D eigenvalue weighted by atomic mass is 10.1. The second kappa shape index (κ2) is 8.54. The van der Waals surface area contributed by atoms with E-state index in [1.807, 2.05) is 25.1 Å². The Hall–Kier alpha value is -2.38. The molecule has 0 aromatic heterocycles. The maximum Gasteiger partial charge on any atom is 0.254 e. The van der Waals surface area contributed by atoms with Crippen molar-refractivity contribution in [2.45, 2.75) is 18.2 Å². The Bertz CT molecular complexity index is 973. The van der Waals surface area contributed by atoms with E-state index in [4.69, 9.17) is 11.6 Å². The zero-order valence-electron chi connectivity index (χ0n) is 15.3. The minimum absolute atomic E-state index is 0.0469. The number of rotatable bonds is 6. The molecule has 0 aliphatic heterocycles. The summed E-state index contributed by atoms with van der Waals surface area (Å²) in [6.07, 6.45) is 1.79. The van der Waals surface area contributed by atoms with Crippen molar-refractivity contribution in [3.63, 3.8) is 0 Å². The van der Waals surface area contributed by atoms with Crippen molar-refractivity contribution in [2.24, 2.45) is 0 Å². The van der Waals surface area contributed by atoms with Gasteiger partial charge in [-0.1, -0.05) is 36.7 Å². The van der Waals surface area contributed by atoms with Gasteiger partial charge < -0.3 is 10.2 Å². The van der Waals surface area contributed by atoms with Crippen molar-refractivity contribution in [1.29, 1.82) is 0 Å². The first-order valence-electron chi connectivity index (χ1n) is 8.26. The van der Waals surface area contributed by atoms with Crippen molar-refractivity contribution in [2.75, 3.05) is 25.2 Å². The van der Waals surface area contributed by atoms with Gasteiger partial charge in [-0.05, 0) is 36.2 Å². The number of carbonyl (C=O) groups is 2. The van der Waals surface area contributed by atoms with Crippen LogP contribution in [0.5, 0.6) is 0 Å². The van der Waals surface area contributed by atoms with Crippen LogP contribution in [0.2, 0.25) is 5.02 Å². The van der Waals surface area contributed by atoms with Gasteiger partial charge in [0.05, 0.1) is 16.5 Å². The molecule has 0 atom stereocenters. The highest BCUT2D eigenvalue weighted by molar-refractivity contribution is 7.90. The number of likely N-dealkylation sites (N-methyl/N-ethyl adjacent to an activating group) is 1. The van der Waals surface area contributed by atoms with Gasteiger partial charge >= 0.3 is 0 Å². The minimum atomic E-state index is -3.57. The molecule has 2 aromatic carbocycles. The lowest BCUT2D eigenvalue weighted by Crippen LogP contribution is -2.35. The smallest absolute Gasteiger partial charge is 0.254 e. The number of carbonyl (C=O) groups excluding carboxylic acids is 2. The highest BCUT2D eigenvalue weighted by Gasteiger charge is 2.19. The van der Waals surface area contributed by atoms with E-state index in [-0.39, 0.29) is 27.9 Å². The third-order valence-corrected chi connectivity index (χ3v) is 5.56. The molecule has 0 heterocycles. The van der Waals surface area contributed by atoms with Gasteiger partial charge in [-0.15, -0.1) is 0 Å². The number of nitrogens with one attached hydrogen (secondary N) is 1. The average molecular weight is 409 g/mol. The molecule has 0 saturated heterocycles. The number of halogens is 1. The van der Waals surface area contributed by atoms with E-state index in [0.29, 0.717) is 5.69 Å². The van der Waals surface area contributed by atoms with Crippen molar-refractivity contribution >= 4 is 38.9 Å². The van der Waals surface area contributed by atoms with Crippen LogP contribution in [0.3, 0.4) is 0 Å². The van der Waals surface area contributed by atoms with E-state index < -0.39 is 15.7 Å². The average Bonchev–Trinajstić information content (AvgIpc) is 2.60. The monoisotopic (exact) mass is 408 g/mol. The van der Waals surface area contributed by atoms with Gasteiger partial charge in [0.25, 0.3) is 5.91 Å². The summed E-state index contributed by atoms with van der Waals surface area (Å²) in [6, 6.07) is 11.5. The quantitative estimate of drug-likeness (QED) is 0.796. The standard InChI is InChI=1S/C19H21ClN2O4S/c1-4-13-7-5-6-8-16(13)21-18(23)12-22(2)19(24)14-9-10-15(20)17(11-14)27(3,25)26/h5-11H,4,12H2,1-3H3,(H,21,23). The Morgan fingerprint density at radius 2 is 1.81 bits per heavy atom. The Balaban J connectivity index is 2.13. The number of aryl methyl sites for hydroxylation is 1. The topological polar surface area (TPSA) is 83.6 Å². The van der Waals surface area contributed by atoms with Crippen LogP contribution in [-0.4, -0.2) is 45.0 Å². The minimum Gasteiger partial charge on any atom is -0.332 e. The number of nitrogens with zero attached hydrogens (tertiary/aromatic N) is 1. The summed E-state index contributed by atoms with van der Waals surface area (Å²) in [5.74, 6) is -0.820.